The molecule has 5 heteroatoms. The normalized spacial score (nSPS) is 10.8. The molecule has 4 aromatic rings. The molecule has 144 valence electrons. The summed E-state index contributed by atoms with van der Waals surface area (Å²) in [5.74, 6) is 0.683. The molecule has 0 unspecified atom stereocenters. The van der Waals surface area contributed by atoms with Crippen molar-refractivity contribution in [2.75, 3.05) is 0 Å². The van der Waals surface area contributed by atoms with E-state index in [0.717, 1.165) is 18.3 Å². The van der Waals surface area contributed by atoms with Crippen LogP contribution < -0.4 is 4.74 Å². The lowest BCUT2D eigenvalue weighted by molar-refractivity contribution is 0.476. The van der Waals surface area contributed by atoms with Crippen molar-refractivity contribution in [2.45, 2.75) is 0 Å². The molecule has 4 aromatic carbocycles. The van der Waals surface area contributed by atoms with Gasteiger partial charge in [-0.15, -0.1) is 0 Å². The van der Waals surface area contributed by atoms with E-state index < -0.39 is 0 Å². The number of rotatable bonds is 4. The smallest absolute Gasteiger partial charge is 0.141 e. The van der Waals surface area contributed by atoms with E-state index in [4.69, 9.17) is 4.74 Å². The van der Waals surface area contributed by atoms with Gasteiger partial charge in [0.05, 0.1) is 7.14 Å². The van der Waals surface area contributed by atoms with Gasteiger partial charge < -0.3 is 4.74 Å². The van der Waals surface area contributed by atoms with E-state index in [9.17, 15) is 8.78 Å². The zero-order valence-corrected chi connectivity index (χ0v) is 19.3. The van der Waals surface area contributed by atoms with Crippen molar-refractivity contribution >= 4 is 45.2 Å². The lowest BCUT2D eigenvalue weighted by Gasteiger charge is -2.15. The number of halogens is 4. The third kappa shape index (κ3) is 4.16. The summed E-state index contributed by atoms with van der Waals surface area (Å²) >= 11 is 4.34. The van der Waals surface area contributed by atoms with Gasteiger partial charge >= 0.3 is 0 Å². The Bertz CT molecular complexity index is 1100. The van der Waals surface area contributed by atoms with Gasteiger partial charge in [0.1, 0.15) is 23.1 Å². The molecule has 0 bridgehead atoms. The van der Waals surface area contributed by atoms with Crippen molar-refractivity contribution in [2.24, 2.45) is 0 Å². The fourth-order valence-corrected chi connectivity index (χ4v) is 4.59. The van der Waals surface area contributed by atoms with Gasteiger partial charge in [0.25, 0.3) is 0 Å². The highest BCUT2D eigenvalue weighted by Crippen LogP contribution is 2.39. The molecular weight excluding hydrogens is 596 g/mol. The molecule has 0 spiro atoms. The highest BCUT2D eigenvalue weighted by atomic mass is 127. The Morgan fingerprint density at radius 3 is 1.28 bits per heavy atom. The second-order valence-electron chi connectivity index (χ2n) is 6.30. The van der Waals surface area contributed by atoms with Crippen molar-refractivity contribution in [3.8, 4) is 33.8 Å². The largest absolute Gasteiger partial charge is 0.455 e. The average Bonchev–Trinajstić information content (AvgIpc) is 2.72. The fourth-order valence-electron chi connectivity index (χ4n) is 3.07. The van der Waals surface area contributed by atoms with Crippen molar-refractivity contribution in [3.05, 3.63) is 104 Å². The predicted octanol–water partition coefficient (Wildman–Crippen LogP) is 8.30. The van der Waals surface area contributed by atoms with Crippen LogP contribution >= 0.6 is 45.2 Å². The summed E-state index contributed by atoms with van der Waals surface area (Å²) in [5, 5.41) is 0. The first-order valence-corrected chi connectivity index (χ1v) is 11.0. The summed E-state index contributed by atoms with van der Waals surface area (Å²) in [6.07, 6.45) is 0. The van der Waals surface area contributed by atoms with E-state index in [1.807, 2.05) is 48.5 Å². The number of ether oxygens (including phenoxy) is 1. The molecule has 0 aliphatic rings. The SMILES string of the molecule is Fc1ccccc1-c1cccc(Oc2cccc(-c3ccccc3F)c2I)c1I. The van der Waals surface area contributed by atoms with Gasteiger partial charge in [-0.05, 0) is 69.4 Å². The number of hydrogen-bond donors (Lipinski definition) is 0. The quantitative estimate of drug-likeness (QED) is 0.212. The van der Waals surface area contributed by atoms with Gasteiger partial charge in [-0.2, -0.15) is 0 Å². The van der Waals surface area contributed by atoms with Gasteiger partial charge in [0, 0.05) is 22.3 Å². The fraction of sp³-hybridized carbons (Fsp3) is 0. The summed E-state index contributed by atoms with van der Waals surface area (Å²) in [6.45, 7) is 0. The van der Waals surface area contributed by atoms with Crippen molar-refractivity contribution < 1.29 is 13.5 Å². The zero-order chi connectivity index (χ0) is 20.4. The minimum atomic E-state index is -0.279. The summed E-state index contributed by atoms with van der Waals surface area (Å²) in [7, 11) is 0. The summed E-state index contributed by atoms with van der Waals surface area (Å²) < 4.78 is 36.4. The number of benzene rings is 4. The molecule has 0 saturated heterocycles. The molecule has 0 heterocycles. The molecular formula is C24H14F2I2O. The van der Waals surface area contributed by atoms with Crippen molar-refractivity contribution in [1.29, 1.82) is 0 Å². The molecule has 0 aliphatic heterocycles. The second kappa shape index (κ2) is 8.79. The molecule has 0 fully saturated rings. The maximum Gasteiger partial charge on any atom is 0.141 e. The van der Waals surface area contributed by atoms with Crippen LogP contribution in [0.25, 0.3) is 22.3 Å². The highest BCUT2D eigenvalue weighted by Gasteiger charge is 2.16. The van der Waals surface area contributed by atoms with Crippen LogP contribution in [-0.4, -0.2) is 0 Å². The molecule has 0 saturated carbocycles. The molecule has 0 atom stereocenters. The Morgan fingerprint density at radius 2 is 0.862 bits per heavy atom. The summed E-state index contributed by atoms with van der Waals surface area (Å²) in [5.41, 5.74) is 2.58. The Kier molecular flexibility index (Phi) is 6.15. The Hall–Kier alpha value is -2.00. The van der Waals surface area contributed by atoms with Crippen LogP contribution in [0.5, 0.6) is 11.5 Å². The standard InChI is InChI=1S/C24H14F2I2O/c25-19-11-3-1-7-15(19)17-9-5-13-21(23(17)27)29-22-14-6-10-18(24(22)28)16-8-2-4-12-20(16)26/h1-14H. The lowest BCUT2D eigenvalue weighted by Crippen LogP contribution is -1.95. The first kappa shape index (κ1) is 20.3. The second-order valence-corrected chi connectivity index (χ2v) is 8.45. The number of hydrogen-bond acceptors (Lipinski definition) is 1. The first-order chi connectivity index (χ1) is 14.1. The van der Waals surface area contributed by atoms with E-state index >= 15 is 0 Å². The Labute approximate surface area is 195 Å². The van der Waals surface area contributed by atoms with Crippen molar-refractivity contribution in [3.63, 3.8) is 0 Å². The summed E-state index contributed by atoms with van der Waals surface area (Å²) in [4.78, 5) is 0. The molecule has 0 aliphatic carbocycles. The molecule has 1 nitrogen and oxygen atoms in total. The third-order valence-corrected chi connectivity index (χ3v) is 6.70. The molecule has 29 heavy (non-hydrogen) atoms. The molecule has 0 amide bonds. The van der Waals surface area contributed by atoms with Gasteiger partial charge in [0.2, 0.25) is 0 Å². The van der Waals surface area contributed by atoms with Crippen LogP contribution in [0.4, 0.5) is 8.78 Å². The minimum Gasteiger partial charge on any atom is -0.455 e. The molecule has 0 aromatic heterocycles. The van der Waals surface area contributed by atoms with E-state index in [0.29, 0.717) is 22.6 Å². The van der Waals surface area contributed by atoms with Crippen LogP contribution in [0, 0.1) is 18.8 Å². The third-order valence-electron chi connectivity index (χ3n) is 4.47. The minimum absolute atomic E-state index is 0.279. The molecule has 0 radical (unpaired) electrons. The summed E-state index contributed by atoms with van der Waals surface area (Å²) in [6, 6.07) is 24.5. The van der Waals surface area contributed by atoms with Crippen LogP contribution in [0.15, 0.2) is 84.9 Å². The topological polar surface area (TPSA) is 9.23 Å². The van der Waals surface area contributed by atoms with E-state index in [1.54, 1.807) is 24.3 Å². The Morgan fingerprint density at radius 1 is 0.483 bits per heavy atom. The van der Waals surface area contributed by atoms with Crippen LogP contribution in [0.1, 0.15) is 0 Å². The van der Waals surface area contributed by atoms with E-state index in [-0.39, 0.29) is 11.6 Å². The maximum atomic E-state index is 14.3. The lowest BCUT2D eigenvalue weighted by atomic mass is 10.0. The average molecular weight is 610 g/mol. The Balaban J connectivity index is 1.75. The van der Waals surface area contributed by atoms with E-state index in [1.165, 1.54) is 12.1 Å². The van der Waals surface area contributed by atoms with Crippen LogP contribution in [0.2, 0.25) is 0 Å². The van der Waals surface area contributed by atoms with E-state index in [2.05, 4.69) is 45.2 Å². The van der Waals surface area contributed by atoms with Gasteiger partial charge in [-0.3, -0.25) is 0 Å². The van der Waals surface area contributed by atoms with Crippen molar-refractivity contribution in [1.82, 2.24) is 0 Å². The zero-order valence-electron chi connectivity index (χ0n) is 15.0. The van der Waals surface area contributed by atoms with Gasteiger partial charge in [0.15, 0.2) is 0 Å². The van der Waals surface area contributed by atoms with Crippen LogP contribution in [-0.2, 0) is 0 Å². The monoisotopic (exact) mass is 610 g/mol. The van der Waals surface area contributed by atoms with Crippen LogP contribution in [0.3, 0.4) is 0 Å². The maximum absolute atomic E-state index is 14.3. The van der Waals surface area contributed by atoms with Gasteiger partial charge in [-0.25, -0.2) is 8.78 Å². The first-order valence-electron chi connectivity index (χ1n) is 8.81. The predicted molar refractivity (Wildman–Crippen MR) is 129 cm³/mol. The molecule has 4 rings (SSSR count). The molecule has 0 N–H and O–H groups in total. The van der Waals surface area contributed by atoms with Gasteiger partial charge in [-0.1, -0.05) is 60.7 Å². The highest BCUT2D eigenvalue weighted by molar-refractivity contribution is 14.1.